The Balaban J connectivity index is 0.000000343. The van der Waals surface area contributed by atoms with E-state index in [1.54, 1.807) is 0 Å². The van der Waals surface area contributed by atoms with Gasteiger partial charge in [0.15, 0.2) is 0 Å². The molecule has 1 aromatic heterocycles. The number of anilines is 1. The van der Waals surface area contributed by atoms with Crippen LogP contribution in [0.5, 0.6) is 0 Å². The summed E-state index contributed by atoms with van der Waals surface area (Å²) >= 11 is 0. The zero-order valence-electron chi connectivity index (χ0n) is 17.8. The van der Waals surface area contributed by atoms with Gasteiger partial charge in [-0.05, 0) is 26.7 Å². The van der Waals surface area contributed by atoms with E-state index in [1.807, 2.05) is 6.92 Å². The Morgan fingerprint density at radius 2 is 2.00 bits per heavy atom. The molecular weight excluding hydrogens is 390 g/mol. The fourth-order valence-corrected chi connectivity index (χ4v) is 3.49. The molecule has 1 saturated heterocycles. The van der Waals surface area contributed by atoms with E-state index in [9.17, 15) is 9.59 Å². The van der Waals surface area contributed by atoms with E-state index in [1.165, 1.54) is 23.8 Å². The van der Waals surface area contributed by atoms with Crippen molar-refractivity contribution in [3.8, 4) is 0 Å². The van der Waals surface area contributed by atoms with Gasteiger partial charge in [-0.15, -0.1) is 0 Å². The van der Waals surface area contributed by atoms with Crippen molar-refractivity contribution in [1.29, 1.82) is 0 Å². The number of carbonyl (C=O) groups is 2. The van der Waals surface area contributed by atoms with Crippen molar-refractivity contribution >= 4 is 17.8 Å². The molecule has 0 aliphatic carbocycles. The summed E-state index contributed by atoms with van der Waals surface area (Å²) in [5.74, 6) is -0.101. The molecule has 2 aliphatic rings. The average Bonchev–Trinajstić information content (AvgIpc) is 3.06. The summed E-state index contributed by atoms with van der Waals surface area (Å²) in [5.41, 5.74) is 1.24. The highest BCUT2D eigenvalue weighted by molar-refractivity contribution is 5.89. The predicted molar refractivity (Wildman–Crippen MR) is 113 cm³/mol. The quantitative estimate of drug-likeness (QED) is 0.354. The Kier molecular flexibility index (Phi) is 9.78. The van der Waals surface area contributed by atoms with Gasteiger partial charge in [0.1, 0.15) is 11.6 Å². The molecule has 1 aromatic rings. The SMILES string of the molecule is CCOCCn1c(CN2CCNCC2C)nc2c1NCCC2.O=C(O)/C=C/C(=O)O. The van der Waals surface area contributed by atoms with Crippen molar-refractivity contribution in [2.75, 3.05) is 44.7 Å². The molecule has 3 rings (SSSR count). The molecule has 2 aliphatic heterocycles. The molecule has 0 amide bonds. The van der Waals surface area contributed by atoms with Crippen molar-refractivity contribution in [3.05, 3.63) is 23.7 Å². The van der Waals surface area contributed by atoms with Crippen molar-refractivity contribution in [2.45, 2.75) is 45.8 Å². The molecule has 1 fully saturated rings. The van der Waals surface area contributed by atoms with Gasteiger partial charge in [-0.3, -0.25) is 4.90 Å². The molecule has 1 unspecified atom stereocenters. The first-order valence-corrected chi connectivity index (χ1v) is 10.4. The van der Waals surface area contributed by atoms with Crippen LogP contribution in [0.2, 0.25) is 0 Å². The van der Waals surface area contributed by atoms with Crippen molar-refractivity contribution in [1.82, 2.24) is 19.8 Å². The topological polar surface area (TPSA) is 129 Å². The van der Waals surface area contributed by atoms with Gasteiger partial charge in [-0.1, -0.05) is 0 Å². The van der Waals surface area contributed by atoms with Gasteiger partial charge in [-0.25, -0.2) is 14.6 Å². The van der Waals surface area contributed by atoms with E-state index in [2.05, 4.69) is 27.0 Å². The number of carboxylic acids is 2. The fraction of sp³-hybridized carbons (Fsp3) is 0.650. The zero-order valence-corrected chi connectivity index (χ0v) is 17.8. The van der Waals surface area contributed by atoms with Gasteiger partial charge in [0.2, 0.25) is 0 Å². The minimum absolute atomic E-state index is 0.558. The maximum Gasteiger partial charge on any atom is 0.328 e. The van der Waals surface area contributed by atoms with Crippen LogP contribution in [0, 0.1) is 0 Å². The number of nitrogens with zero attached hydrogens (tertiary/aromatic N) is 3. The predicted octanol–water partition coefficient (Wildman–Crippen LogP) is 0.783. The van der Waals surface area contributed by atoms with Crippen LogP contribution in [0.4, 0.5) is 5.82 Å². The normalized spacial score (nSPS) is 18.9. The number of fused-ring (bicyclic) bond motifs is 1. The van der Waals surface area contributed by atoms with Crippen LogP contribution < -0.4 is 10.6 Å². The number of piperazine rings is 1. The summed E-state index contributed by atoms with van der Waals surface area (Å²) in [7, 11) is 0. The Morgan fingerprint density at radius 3 is 2.63 bits per heavy atom. The maximum absolute atomic E-state index is 9.55. The smallest absolute Gasteiger partial charge is 0.328 e. The monoisotopic (exact) mass is 423 g/mol. The molecule has 10 nitrogen and oxygen atoms in total. The van der Waals surface area contributed by atoms with Crippen molar-refractivity contribution < 1.29 is 24.5 Å². The number of aromatic nitrogens is 2. The lowest BCUT2D eigenvalue weighted by Crippen LogP contribution is -2.49. The summed E-state index contributed by atoms with van der Waals surface area (Å²) < 4.78 is 7.91. The molecule has 30 heavy (non-hydrogen) atoms. The minimum Gasteiger partial charge on any atom is -0.478 e. The number of hydrogen-bond acceptors (Lipinski definition) is 7. The number of rotatable bonds is 8. The van der Waals surface area contributed by atoms with Gasteiger partial charge in [0.05, 0.1) is 18.8 Å². The average molecular weight is 424 g/mol. The first-order chi connectivity index (χ1) is 14.4. The lowest BCUT2D eigenvalue weighted by molar-refractivity contribution is -0.134. The van der Waals surface area contributed by atoms with Crippen molar-refractivity contribution in [2.24, 2.45) is 0 Å². The van der Waals surface area contributed by atoms with Gasteiger partial charge >= 0.3 is 11.9 Å². The number of carboxylic acid groups (broad SMARTS) is 2. The molecule has 4 N–H and O–H groups in total. The summed E-state index contributed by atoms with van der Waals surface area (Å²) in [4.78, 5) is 26.6. The van der Waals surface area contributed by atoms with Crippen LogP contribution >= 0.6 is 0 Å². The first-order valence-electron chi connectivity index (χ1n) is 10.4. The van der Waals surface area contributed by atoms with Crippen LogP contribution in [0.1, 0.15) is 31.8 Å². The number of nitrogens with one attached hydrogen (secondary N) is 2. The van der Waals surface area contributed by atoms with Gasteiger partial charge in [0, 0.05) is 57.5 Å². The van der Waals surface area contributed by atoms with Crippen LogP contribution in [-0.4, -0.2) is 82.0 Å². The van der Waals surface area contributed by atoms with Gasteiger partial charge < -0.3 is 30.2 Å². The van der Waals surface area contributed by atoms with Crippen LogP contribution in [-0.2, 0) is 33.8 Å². The van der Waals surface area contributed by atoms with E-state index >= 15 is 0 Å². The second-order valence-electron chi connectivity index (χ2n) is 7.24. The number of imidazole rings is 1. The number of aliphatic carboxylic acids is 2. The third-order valence-corrected chi connectivity index (χ3v) is 5.02. The van der Waals surface area contributed by atoms with Crippen LogP contribution in [0.15, 0.2) is 12.2 Å². The highest BCUT2D eigenvalue weighted by Gasteiger charge is 2.24. The second-order valence-corrected chi connectivity index (χ2v) is 7.24. The lowest BCUT2D eigenvalue weighted by atomic mass is 10.2. The summed E-state index contributed by atoms with van der Waals surface area (Å²) in [6.07, 6.45) is 3.39. The van der Waals surface area contributed by atoms with Crippen molar-refractivity contribution in [3.63, 3.8) is 0 Å². The molecule has 0 radical (unpaired) electrons. The molecule has 168 valence electrons. The third kappa shape index (κ3) is 7.43. The van der Waals surface area contributed by atoms with Crippen LogP contribution in [0.25, 0.3) is 0 Å². The Labute approximate surface area is 176 Å². The molecule has 3 heterocycles. The summed E-state index contributed by atoms with van der Waals surface area (Å²) in [6.45, 7) is 12.0. The minimum atomic E-state index is -1.26. The Morgan fingerprint density at radius 1 is 1.27 bits per heavy atom. The van der Waals surface area contributed by atoms with Crippen LogP contribution in [0.3, 0.4) is 0 Å². The fourth-order valence-electron chi connectivity index (χ4n) is 3.49. The highest BCUT2D eigenvalue weighted by Crippen LogP contribution is 2.24. The maximum atomic E-state index is 9.55. The second kappa shape index (κ2) is 12.3. The largest absolute Gasteiger partial charge is 0.478 e. The lowest BCUT2D eigenvalue weighted by Gasteiger charge is -2.33. The molecule has 0 spiro atoms. The summed E-state index contributed by atoms with van der Waals surface area (Å²) in [5, 5.41) is 22.6. The highest BCUT2D eigenvalue weighted by atomic mass is 16.5. The van der Waals surface area contributed by atoms with Gasteiger partial charge in [-0.2, -0.15) is 0 Å². The first kappa shape index (κ1) is 23.8. The third-order valence-electron chi connectivity index (χ3n) is 5.02. The van der Waals surface area contributed by atoms with E-state index < -0.39 is 11.9 Å². The summed E-state index contributed by atoms with van der Waals surface area (Å²) in [6, 6.07) is 0.566. The molecule has 0 aromatic carbocycles. The standard InChI is InChI=1S/C16H29N5O.C4H4O4/c1-3-22-10-9-21-15(12-20-8-7-17-11-13(20)2)19-14-5-4-6-18-16(14)21;5-3(6)1-2-4(7)8/h13,17-18H,3-12H2,1-2H3;1-2H,(H,5,6)(H,7,8)/b;2-1+. The zero-order chi connectivity index (χ0) is 21.9. The van der Waals surface area contributed by atoms with E-state index in [0.717, 1.165) is 58.9 Å². The Hall–Kier alpha value is -2.43. The van der Waals surface area contributed by atoms with E-state index in [4.69, 9.17) is 19.9 Å². The molecular formula is C20H33N5O5. The van der Waals surface area contributed by atoms with E-state index in [0.29, 0.717) is 18.2 Å². The Bertz CT molecular complexity index is 717. The number of aryl methyl sites for hydroxylation is 1. The molecule has 0 saturated carbocycles. The molecule has 10 heteroatoms. The number of hydrogen-bond donors (Lipinski definition) is 4. The van der Waals surface area contributed by atoms with Gasteiger partial charge in [0.25, 0.3) is 0 Å². The molecule has 1 atom stereocenters. The number of ether oxygens (including phenoxy) is 1. The molecule has 0 bridgehead atoms. The van der Waals surface area contributed by atoms with E-state index in [-0.39, 0.29) is 0 Å².